The van der Waals surface area contributed by atoms with Crippen LogP contribution in [0, 0.1) is 5.92 Å². The first-order valence-electron chi connectivity index (χ1n) is 9.86. The first kappa shape index (κ1) is 29.2. The van der Waals surface area contributed by atoms with E-state index in [4.69, 9.17) is 16.6 Å². The van der Waals surface area contributed by atoms with Gasteiger partial charge in [0.15, 0.2) is 0 Å². The fraction of sp³-hybridized carbons (Fsp3) is 0.611. The van der Waals surface area contributed by atoms with Crippen molar-refractivity contribution in [2.24, 2.45) is 17.4 Å². The Hall–Kier alpha value is -3.75. The van der Waals surface area contributed by atoms with E-state index in [2.05, 4.69) is 21.3 Å². The van der Waals surface area contributed by atoms with E-state index >= 15 is 0 Å². The van der Waals surface area contributed by atoms with E-state index in [-0.39, 0.29) is 12.3 Å². The Kier molecular flexibility index (Phi) is 12.7. The highest BCUT2D eigenvalue weighted by molar-refractivity contribution is 5.97. The molecule has 0 aliphatic heterocycles. The summed E-state index contributed by atoms with van der Waals surface area (Å²) in [6.07, 6.45) is -1.55. The molecule has 0 heterocycles. The topological polar surface area (TPSA) is 260 Å². The van der Waals surface area contributed by atoms with Gasteiger partial charge >= 0.3 is 11.9 Å². The van der Waals surface area contributed by atoms with E-state index in [0.29, 0.717) is 0 Å². The van der Waals surface area contributed by atoms with E-state index in [1.54, 1.807) is 13.8 Å². The van der Waals surface area contributed by atoms with Crippen LogP contribution < -0.4 is 32.7 Å². The number of carboxylic acid groups (broad SMARTS) is 2. The average Bonchev–Trinajstić information content (AvgIpc) is 2.69. The summed E-state index contributed by atoms with van der Waals surface area (Å²) in [5, 5.41) is 26.8. The second kappa shape index (κ2) is 14.3. The number of carbonyl (C=O) groups excluding carboxylic acids is 5. The van der Waals surface area contributed by atoms with Crippen LogP contribution in [0.3, 0.4) is 0 Å². The van der Waals surface area contributed by atoms with Crippen molar-refractivity contribution in [3.63, 3.8) is 0 Å². The number of primary amides is 1. The third-order valence-electron chi connectivity index (χ3n) is 4.02. The maximum atomic E-state index is 12.6. The summed E-state index contributed by atoms with van der Waals surface area (Å²) in [5.74, 6) is -7.69. The summed E-state index contributed by atoms with van der Waals surface area (Å²) in [6, 6.07) is -4.63. The summed E-state index contributed by atoms with van der Waals surface area (Å²) in [5.41, 5.74) is 10.2. The number of aliphatic carboxylic acids is 2. The molecule has 15 heteroatoms. The molecule has 0 spiro atoms. The van der Waals surface area contributed by atoms with Crippen LogP contribution in [-0.4, -0.2) is 82.9 Å². The fourth-order valence-corrected chi connectivity index (χ4v) is 2.53. The number of nitrogens with two attached hydrogens (primary N) is 2. The molecule has 10 N–H and O–H groups in total. The molecule has 0 radical (unpaired) electrons. The molecular weight excluding hydrogens is 444 g/mol. The lowest BCUT2D eigenvalue weighted by Crippen LogP contribution is -2.57. The zero-order valence-electron chi connectivity index (χ0n) is 18.3. The smallest absolute Gasteiger partial charge is 0.326 e. The van der Waals surface area contributed by atoms with Gasteiger partial charge in [0.05, 0.1) is 25.9 Å². The molecule has 3 atom stereocenters. The van der Waals surface area contributed by atoms with Gasteiger partial charge in [-0.3, -0.25) is 28.8 Å². The molecule has 0 saturated carbocycles. The minimum atomic E-state index is -1.68. The molecule has 0 rings (SSSR count). The zero-order valence-corrected chi connectivity index (χ0v) is 18.3. The van der Waals surface area contributed by atoms with Crippen molar-refractivity contribution in [1.29, 1.82) is 0 Å². The Morgan fingerprint density at radius 3 is 1.73 bits per heavy atom. The van der Waals surface area contributed by atoms with Crippen molar-refractivity contribution in [2.45, 2.75) is 51.2 Å². The summed E-state index contributed by atoms with van der Waals surface area (Å²) in [4.78, 5) is 82.0. The Labute approximate surface area is 189 Å². The highest BCUT2D eigenvalue weighted by Gasteiger charge is 2.31. The molecule has 0 aliphatic rings. The maximum absolute atomic E-state index is 12.6. The van der Waals surface area contributed by atoms with Crippen LogP contribution in [0.1, 0.15) is 33.1 Å². The third kappa shape index (κ3) is 12.6. The molecule has 33 heavy (non-hydrogen) atoms. The van der Waals surface area contributed by atoms with E-state index < -0.39 is 85.5 Å². The van der Waals surface area contributed by atoms with E-state index in [1.165, 1.54) is 0 Å². The lowest BCUT2D eigenvalue weighted by molar-refractivity contribution is -0.143. The van der Waals surface area contributed by atoms with Crippen molar-refractivity contribution in [2.75, 3.05) is 13.1 Å². The number of rotatable bonds is 15. The minimum absolute atomic E-state index is 0.0600. The van der Waals surface area contributed by atoms with Crippen LogP contribution >= 0.6 is 0 Å². The van der Waals surface area contributed by atoms with Gasteiger partial charge in [-0.2, -0.15) is 0 Å². The molecule has 0 unspecified atom stereocenters. The lowest BCUT2D eigenvalue weighted by Gasteiger charge is -2.24. The van der Waals surface area contributed by atoms with Gasteiger partial charge in [-0.1, -0.05) is 13.8 Å². The molecule has 0 fully saturated rings. The molecule has 0 saturated heterocycles. The molecule has 0 aromatic heterocycles. The molecule has 5 amide bonds. The summed E-state index contributed by atoms with van der Waals surface area (Å²) in [6.45, 7) is 2.45. The van der Waals surface area contributed by atoms with E-state index in [0.717, 1.165) is 0 Å². The van der Waals surface area contributed by atoms with Crippen molar-refractivity contribution >= 4 is 41.5 Å². The van der Waals surface area contributed by atoms with Crippen molar-refractivity contribution < 1.29 is 43.8 Å². The van der Waals surface area contributed by atoms with E-state index in [9.17, 15) is 38.7 Å². The Morgan fingerprint density at radius 2 is 1.30 bits per heavy atom. The summed E-state index contributed by atoms with van der Waals surface area (Å²) >= 11 is 0. The number of carboxylic acids is 2. The van der Waals surface area contributed by atoms with Crippen molar-refractivity contribution in [1.82, 2.24) is 21.3 Å². The van der Waals surface area contributed by atoms with Gasteiger partial charge in [0.25, 0.3) is 0 Å². The average molecular weight is 474 g/mol. The first-order valence-corrected chi connectivity index (χ1v) is 9.86. The minimum Gasteiger partial charge on any atom is -0.481 e. The van der Waals surface area contributed by atoms with Gasteiger partial charge in [-0.25, -0.2) is 4.79 Å². The number of amides is 5. The number of hydrogen-bond donors (Lipinski definition) is 8. The summed E-state index contributed by atoms with van der Waals surface area (Å²) < 4.78 is 0. The second-order valence-electron chi connectivity index (χ2n) is 7.46. The van der Waals surface area contributed by atoms with Gasteiger partial charge in [-0.05, 0) is 12.3 Å². The molecule has 15 nitrogen and oxygen atoms in total. The van der Waals surface area contributed by atoms with Crippen LogP contribution in [0.15, 0.2) is 0 Å². The van der Waals surface area contributed by atoms with Crippen LogP contribution in [-0.2, 0) is 33.6 Å². The molecule has 186 valence electrons. The lowest BCUT2D eigenvalue weighted by atomic mass is 10.0. The van der Waals surface area contributed by atoms with Gasteiger partial charge in [0.1, 0.15) is 18.1 Å². The standard InChI is InChI=1S/C18H30N6O9/c1-8(2)3-11(18(32)33)24-16(30)9(4-12(20)25)23-17(31)10(5-15(28)29)22-14(27)7-21-13(26)6-19/h8-11H,3-7,19H2,1-2H3,(H2,20,25)(H,21,26)(H,22,27)(H,23,31)(H,24,30)(H,28,29)(H,32,33)/t9-,10-,11-/m0/s1. The molecule has 0 aliphatic carbocycles. The SMILES string of the molecule is CC(C)C[C@H](NC(=O)[C@H](CC(N)=O)NC(=O)[C@H](CC(=O)O)NC(=O)CNC(=O)CN)C(=O)O. The largest absolute Gasteiger partial charge is 0.481 e. The quantitative estimate of drug-likeness (QED) is 0.114. The van der Waals surface area contributed by atoms with Crippen LogP contribution in [0.5, 0.6) is 0 Å². The van der Waals surface area contributed by atoms with Crippen LogP contribution in [0.4, 0.5) is 0 Å². The third-order valence-corrected chi connectivity index (χ3v) is 4.02. The zero-order chi connectivity index (χ0) is 25.7. The fourth-order valence-electron chi connectivity index (χ4n) is 2.53. The predicted octanol–water partition coefficient (Wildman–Crippen LogP) is -4.00. The second-order valence-corrected chi connectivity index (χ2v) is 7.46. The van der Waals surface area contributed by atoms with Crippen molar-refractivity contribution in [3.05, 3.63) is 0 Å². The molecule has 0 aromatic rings. The van der Waals surface area contributed by atoms with Crippen molar-refractivity contribution in [3.8, 4) is 0 Å². The molecule has 0 bridgehead atoms. The van der Waals surface area contributed by atoms with Gasteiger partial charge in [0.2, 0.25) is 29.5 Å². The van der Waals surface area contributed by atoms with E-state index in [1.807, 2.05) is 0 Å². The maximum Gasteiger partial charge on any atom is 0.326 e. The molecule has 0 aromatic carbocycles. The van der Waals surface area contributed by atoms with Crippen LogP contribution in [0.25, 0.3) is 0 Å². The Bertz CT molecular complexity index is 771. The Balaban J connectivity index is 5.43. The van der Waals surface area contributed by atoms with Gasteiger partial charge in [0, 0.05) is 0 Å². The first-order chi connectivity index (χ1) is 15.3. The highest BCUT2D eigenvalue weighted by atomic mass is 16.4. The normalized spacial score (nSPS) is 13.2. The van der Waals surface area contributed by atoms with Crippen LogP contribution in [0.2, 0.25) is 0 Å². The number of carbonyl (C=O) groups is 7. The predicted molar refractivity (Wildman–Crippen MR) is 111 cm³/mol. The Morgan fingerprint density at radius 1 is 0.788 bits per heavy atom. The number of hydrogen-bond acceptors (Lipinski definition) is 8. The van der Waals surface area contributed by atoms with Gasteiger partial charge in [-0.15, -0.1) is 0 Å². The van der Waals surface area contributed by atoms with Gasteiger partial charge < -0.3 is 42.9 Å². The molecular formula is C18H30N6O9. The monoisotopic (exact) mass is 474 g/mol. The highest BCUT2D eigenvalue weighted by Crippen LogP contribution is 2.06. The number of nitrogens with one attached hydrogen (secondary N) is 4. The summed E-state index contributed by atoms with van der Waals surface area (Å²) in [7, 11) is 0.